The molecule has 0 fully saturated rings. The van der Waals surface area contributed by atoms with Gasteiger partial charge in [-0.2, -0.15) is 0 Å². The van der Waals surface area contributed by atoms with Gasteiger partial charge in [0.15, 0.2) is 5.82 Å². The summed E-state index contributed by atoms with van der Waals surface area (Å²) in [6.45, 7) is 1.75. The van der Waals surface area contributed by atoms with Gasteiger partial charge in [0.1, 0.15) is 0 Å². The highest BCUT2D eigenvalue weighted by atomic mass is 35.5. The minimum atomic E-state index is -0.461. The van der Waals surface area contributed by atoms with Crippen LogP contribution in [0.25, 0.3) is 11.4 Å². The summed E-state index contributed by atoms with van der Waals surface area (Å²) < 4.78 is 1.32. The molecule has 0 aliphatic carbocycles. The summed E-state index contributed by atoms with van der Waals surface area (Å²) in [6.07, 6.45) is 0. The minimum absolute atomic E-state index is 0.217. The van der Waals surface area contributed by atoms with E-state index in [0.29, 0.717) is 32.3 Å². The summed E-state index contributed by atoms with van der Waals surface area (Å²) in [7, 11) is 0. The van der Waals surface area contributed by atoms with Gasteiger partial charge in [0.2, 0.25) is 11.1 Å². The molecule has 0 spiro atoms. The van der Waals surface area contributed by atoms with Crippen LogP contribution in [-0.2, 0) is 4.79 Å². The van der Waals surface area contributed by atoms with E-state index in [2.05, 4.69) is 15.5 Å². The number of nitrogens with zero attached hydrogens (tertiary/aromatic N) is 3. The Morgan fingerprint density at radius 1 is 1.12 bits per heavy atom. The molecule has 0 radical (unpaired) electrons. The second-order valence-corrected chi connectivity index (χ2v) is 7.51. The zero-order chi connectivity index (χ0) is 18.7. The molecular weight excluding hydrogens is 393 g/mol. The predicted octanol–water partition coefficient (Wildman–Crippen LogP) is 4.09. The average molecular weight is 408 g/mol. The number of aromatic nitrogens is 3. The van der Waals surface area contributed by atoms with Gasteiger partial charge in [-0.25, -0.2) is 4.68 Å². The number of anilines is 1. The normalized spacial score (nSPS) is 12.0. The number of hydrogen-bond acceptors (Lipinski definition) is 5. The third-order valence-electron chi connectivity index (χ3n) is 3.56. The molecule has 1 amide bonds. The van der Waals surface area contributed by atoms with Crippen molar-refractivity contribution in [2.24, 2.45) is 0 Å². The lowest BCUT2D eigenvalue weighted by molar-refractivity contribution is -0.115. The fourth-order valence-corrected chi connectivity index (χ4v) is 3.37. The summed E-state index contributed by atoms with van der Waals surface area (Å²) in [6, 6.07) is 14.2. The molecule has 3 rings (SSSR count). The van der Waals surface area contributed by atoms with Gasteiger partial charge in [-0.3, -0.25) is 4.79 Å². The Balaban J connectivity index is 1.74. The molecule has 2 aromatic carbocycles. The van der Waals surface area contributed by atoms with Crippen molar-refractivity contribution >= 4 is 46.6 Å². The molecule has 3 N–H and O–H groups in total. The van der Waals surface area contributed by atoms with Crippen LogP contribution in [0.1, 0.15) is 6.92 Å². The number of para-hydroxylation sites is 1. The summed E-state index contributed by atoms with van der Waals surface area (Å²) in [5, 5.41) is 11.9. The third-order valence-corrected chi connectivity index (χ3v) is 5.28. The maximum atomic E-state index is 12.4. The monoisotopic (exact) mass is 407 g/mol. The maximum Gasteiger partial charge on any atom is 0.237 e. The average Bonchev–Trinajstić information content (AvgIpc) is 2.98. The molecule has 0 saturated heterocycles. The molecular formula is C17H15Cl2N5OS. The molecule has 0 bridgehead atoms. The van der Waals surface area contributed by atoms with Gasteiger partial charge < -0.3 is 11.2 Å². The second-order valence-electron chi connectivity index (χ2n) is 5.39. The van der Waals surface area contributed by atoms with Crippen LogP contribution in [0.5, 0.6) is 0 Å². The number of halogens is 2. The van der Waals surface area contributed by atoms with Crippen LogP contribution in [0, 0.1) is 0 Å². The third kappa shape index (κ3) is 3.95. The van der Waals surface area contributed by atoms with Crippen molar-refractivity contribution in [1.82, 2.24) is 14.9 Å². The van der Waals surface area contributed by atoms with Gasteiger partial charge in [0.05, 0.1) is 21.0 Å². The van der Waals surface area contributed by atoms with Crippen LogP contribution < -0.4 is 11.2 Å². The number of benzene rings is 2. The van der Waals surface area contributed by atoms with Gasteiger partial charge in [-0.05, 0) is 31.2 Å². The Bertz CT molecular complexity index is 946. The summed E-state index contributed by atoms with van der Waals surface area (Å²) in [5.74, 6) is 6.30. The predicted molar refractivity (Wildman–Crippen MR) is 106 cm³/mol. The summed E-state index contributed by atoms with van der Waals surface area (Å²) in [5.41, 5.74) is 1.22. The van der Waals surface area contributed by atoms with E-state index in [1.807, 2.05) is 12.1 Å². The number of hydrogen-bond donors (Lipinski definition) is 2. The van der Waals surface area contributed by atoms with E-state index < -0.39 is 5.25 Å². The molecule has 0 unspecified atom stereocenters. The van der Waals surface area contributed by atoms with E-state index >= 15 is 0 Å². The fraction of sp³-hybridized carbons (Fsp3) is 0.118. The van der Waals surface area contributed by atoms with Crippen LogP contribution in [0.3, 0.4) is 0 Å². The van der Waals surface area contributed by atoms with Crippen molar-refractivity contribution < 1.29 is 4.79 Å². The lowest BCUT2D eigenvalue weighted by Gasteiger charge is -2.12. The molecule has 0 aliphatic heterocycles. The van der Waals surface area contributed by atoms with E-state index in [4.69, 9.17) is 29.0 Å². The molecule has 26 heavy (non-hydrogen) atoms. The lowest BCUT2D eigenvalue weighted by Crippen LogP contribution is -2.23. The van der Waals surface area contributed by atoms with Crippen molar-refractivity contribution in [3.8, 4) is 11.4 Å². The SMILES string of the molecule is C[C@H](Sc1nnc(-c2ccccc2Cl)n1N)C(=O)Nc1ccccc1Cl. The first-order chi connectivity index (χ1) is 12.5. The topological polar surface area (TPSA) is 85.8 Å². The zero-order valence-electron chi connectivity index (χ0n) is 13.7. The van der Waals surface area contributed by atoms with Crippen LogP contribution in [0.2, 0.25) is 10.0 Å². The van der Waals surface area contributed by atoms with Crippen molar-refractivity contribution in [2.45, 2.75) is 17.3 Å². The van der Waals surface area contributed by atoms with Crippen molar-refractivity contribution in [1.29, 1.82) is 0 Å². The van der Waals surface area contributed by atoms with E-state index in [1.165, 1.54) is 16.4 Å². The molecule has 1 atom stereocenters. The molecule has 3 aromatic rings. The van der Waals surface area contributed by atoms with Gasteiger partial charge in [0, 0.05) is 5.56 Å². The number of carbonyl (C=O) groups is 1. The first-order valence-electron chi connectivity index (χ1n) is 7.65. The number of nitrogens with one attached hydrogen (secondary N) is 1. The Morgan fingerprint density at radius 2 is 1.77 bits per heavy atom. The quantitative estimate of drug-likeness (QED) is 0.491. The highest BCUT2D eigenvalue weighted by Gasteiger charge is 2.21. The Morgan fingerprint density at radius 3 is 2.46 bits per heavy atom. The van der Waals surface area contributed by atoms with Crippen LogP contribution >= 0.6 is 35.0 Å². The van der Waals surface area contributed by atoms with Crippen molar-refractivity contribution in [2.75, 3.05) is 11.2 Å². The second kappa shape index (κ2) is 7.99. The molecule has 1 aromatic heterocycles. The summed E-state index contributed by atoms with van der Waals surface area (Å²) >= 11 is 13.4. The standard InChI is InChI=1S/C17H15Cl2N5OS/c1-10(16(25)21-14-9-5-4-8-13(14)19)26-17-23-22-15(24(17)20)11-6-2-3-7-12(11)18/h2-10H,20H2,1H3,(H,21,25)/t10-/m0/s1. The molecule has 1 heterocycles. The van der Waals surface area contributed by atoms with Crippen LogP contribution in [-0.4, -0.2) is 26.0 Å². The van der Waals surface area contributed by atoms with Gasteiger partial charge >= 0.3 is 0 Å². The first-order valence-corrected chi connectivity index (χ1v) is 9.28. The van der Waals surface area contributed by atoms with Gasteiger partial charge in [-0.15, -0.1) is 10.2 Å². The number of nitrogens with two attached hydrogens (primary N) is 1. The lowest BCUT2D eigenvalue weighted by atomic mass is 10.2. The van der Waals surface area contributed by atoms with Crippen molar-refractivity contribution in [3.05, 3.63) is 58.6 Å². The number of nitrogen functional groups attached to an aromatic ring is 1. The highest BCUT2D eigenvalue weighted by Crippen LogP contribution is 2.29. The Kier molecular flexibility index (Phi) is 5.70. The number of thioether (sulfide) groups is 1. The van der Waals surface area contributed by atoms with Crippen molar-refractivity contribution in [3.63, 3.8) is 0 Å². The Labute approximate surface area is 164 Å². The van der Waals surface area contributed by atoms with Crippen LogP contribution in [0.4, 0.5) is 5.69 Å². The highest BCUT2D eigenvalue weighted by molar-refractivity contribution is 8.00. The van der Waals surface area contributed by atoms with E-state index in [0.717, 1.165) is 0 Å². The number of carbonyl (C=O) groups excluding carboxylic acids is 1. The number of rotatable bonds is 5. The van der Waals surface area contributed by atoms with E-state index in [-0.39, 0.29) is 5.91 Å². The smallest absolute Gasteiger partial charge is 0.237 e. The first kappa shape index (κ1) is 18.6. The van der Waals surface area contributed by atoms with E-state index in [1.54, 1.807) is 43.3 Å². The molecule has 0 aliphatic rings. The van der Waals surface area contributed by atoms with E-state index in [9.17, 15) is 4.79 Å². The molecule has 134 valence electrons. The summed E-state index contributed by atoms with van der Waals surface area (Å²) in [4.78, 5) is 12.4. The van der Waals surface area contributed by atoms with Crippen LogP contribution in [0.15, 0.2) is 53.7 Å². The molecule has 9 heteroatoms. The number of amides is 1. The minimum Gasteiger partial charge on any atom is -0.335 e. The fourth-order valence-electron chi connectivity index (χ4n) is 2.19. The Hall–Kier alpha value is -2.22. The maximum absolute atomic E-state index is 12.4. The zero-order valence-corrected chi connectivity index (χ0v) is 16.0. The molecule has 6 nitrogen and oxygen atoms in total. The molecule has 0 saturated carbocycles. The van der Waals surface area contributed by atoms with Gasteiger partial charge in [0.25, 0.3) is 0 Å². The largest absolute Gasteiger partial charge is 0.335 e. The van der Waals surface area contributed by atoms with Gasteiger partial charge in [-0.1, -0.05) is 59.2 Å².